The second kappa shape index (κ2) is 5.23. The Balaban J connectivity index is 1.69. The van der Waals surface area contributed by atoms with Crippen molar-refractivity contribution >= 4 is 5.78 Å². The van der Waals surface area contributed by atoms with E-state index in [2.05, 4.69) is 12.1 Å². The predicted molar refractivity (Wildman–Crippen MR) is 70.9 cm³/mol. The van der Waals surface area contributed by atoms with Crippen LogP contribution < -0.4 is 0 Å². The largest absolute Gasteiger partial charge is 0.381 e. The number of Topliss-reactive ketones (excluding diaryl/α,β-unsaturated/α-hetero) is 1. The first-order valence-corrected chi connectivity index (χ1v) is 7.06. The molecule has 0 radical (unpaired) electrons. The van der Waals surface area contributed by atoms with Crippen molar-refractivity contribution in [1.82, 2.24) is 0 Å². The first-order chi connectivity index (χ1) is 8.84. The number of carbonyl (C=O) groups excluding carboxylic acids is 1. The highest BCUT2D eigenvalue weighted by Gasteiger charge is 2.24. The van der Waals surface area contributed by atoms with Crippen LogP contribution >= 0.6 is 0 Å². The fourth-order valence-corrected chi connectivity index (χ4v) is 2.84. The summed E-state index contributed by atoms with van der Waals surface area (Å²) < 4.78 is 5.39. The zero-order valence-electron chi connectivity index (χ0n) is 10.7. The molecule has 2 aliphatic rings. The van der Waals surface area contributed by atoms with Crippen LogP contribution in [-0.2, 0) is 4.74 Å². The summed E-state index contributed by atoms with van der Waals surface area (Å²) in [4.78, 5) is 12.3. The van der Waals surface area contributed by atoms with Gasteiger partial charge < -0.3 is 4.74 Å². The summed E-state index contributed by atoms with van der Waals surface area (Å²) in [6.07, 6.45) is 5.96. The monoisotopic (exact) mass is 244 g/mol. The van der Waals surface area contributed by atoms with Gasteiger partial charge in [-0.1, -0.05) is 30.7 Å². The molecule has 0 N–H and O–H groups in total. The summed E-state index contributed by atoms with van der Waals surface area (Å²) in [5.41, 5.74) is 2.26. The van der Waals surface area contributed by atoms with Crippen LogP contribution in [-0.4, -0.2) is 19.0 Å². The molecule has 1 saturated heterocycles. The SMILES string of the molecule is O=C(c1ccc(C2CCC2)cc1)C1CCCOC1. The highest BCUT2D eigenvalue weighted by molar-refractivity contribution is 5.98. The van der Waals surface area contributed by atoms with E-state index >= 15 is 0 Å². The van der Waals surface area contributed by atoms with Crippen LogP contribution in [0.15, 0.2) is 24.3 Å². The first kappa shape index (κ1) is 11.9. The normalized spacial score (nSPS) is 24.6. The lowest BCUT2D eigenvalue weighted by Crippen LogP contribution is -2.25. The molecule has 1 heterocycles. The second-order valence-corrected chi connectivity index (χ2v) is 5.53. The molecule has 96 valence electrons. The molecule has 2 nitrogen and oxygen atoms in total. The molecule has 0 amide bonds. The molecule has 1 aromatic rings. The minimum absolute atomic E-state index is 0.0771. The Labute approximate surface area is 108 Å². The standard InChI is InChI=1S/C16H20O2/c17-16(15-5-2-10-18-11-15)14-8-6-13(7-9-14)12-3-1-4-12/h6-9,12,15H,1-5,10-11H2. The molecule has 1 aliphatic carbocycles. The maximum atomic E-state index is 12.3. The number of ether oxygens (including phenoxy) is 1. The zero-order valence-corrected chi connectivity index (χ0v) is 10.7. The molecule has 0 aromatic heterocycles. The van der Waals surface area contributed by atoms with Gasteiger partial charge in [0.1, 0.15) is 0 Å². The fourth-order valence-electron chi connectivity index (χ4n) is 2.84. The van der Waals surface area contributed by atoms with E-state index in [1.54, 1.807) is 0 Å². The van der Waals surface area contributed by atoms with Gasteiger partial charge in [0, 0.05) is 18.1 Å². The Bertz CT molecular complexity index is 411. The predicted octanol–water partition coefficient (Wildman–Crippen LogP) is 3.56. The molecular weight excluding hydrogens is 224 g/mol. The van der Waals surface area contributed by atoms with Gasteiger partial charge in [-0.25, -0.2) is 0 Å². The van der Waals surface area contributed by atoms with E-state index in [0.29, 0.717) is 6.61 Å². The zero-order chi connectivity index (χ0) is 12.4. The average molecular weight is 244 g/mol. The van der Waals surface area contributed by atoms with Gasteiger partial charge in [0.05, 0.1) is 6.61 Å². The number of rotatable bonds is 3. The summed E-state index contributed by atoms with van der Waals surface area (Å²) >= 11 is 0. The van der Waals surface area contributed by atoms with Crippen LogP contribution in [0.1, 0.15) is 53.9 Å². The summed E-state index contributed by atoms with van der Waals surface area (Å²) in [6.45, 7) is 1.41. The van der Waals surface area contributed by atoms with Gasteiger partial charge in [-0.05, 0) is 37.2 Å². The van der Waals surface area contributed by atoms with Gasteiger partial charge in [-0.15, -0.1) is 0 Å². The molecule has 3 rings (SSSR count). The number of benzene rings is 1. The van der Waals surface area contributed by atoms with Crippen LogP contribution in [0.3, 0.4) is 0 Å². The maximum Gasteiger partial charge on any atom is 0.168 e. The summed E-state index contributed by atoms with van der Waals surface area (Å²) in [5, 5.41) is 0. The van der Waals surface area contributed by atoms with E-state index in [-0.39, 0.29) is 11.7 Å². The van der Waals surface area contributed by atoms with Crippen molar-refractivity contribution in [1.29, 1.82) is 0 Å². The first-order valence-electron chi connectivity index (χ1n) is 7.06. The lowest BCUT2D eigenvalue weighted by Gasteiger charge is -2.26. The lowest BCUT2D eigenvalue weighted by atomic mass is 9.79. The van der Waals surface area contributed by atoms with Crippen molar-refractivity contribution in [2.75, 3.05) is 13.2 Å². The molecule has 1 unspecified atom stereocenters. The number of hydrogen-bond donors (Lipinski definition) is 0. The van der Waals surface area contributed by atoms with E-state index < -0.39 is 0 Å². The minimum atomic E-state index is 0.0771. The molecule has 2 fully saturated rings. The quantitative estimate of drug-likeness (QED) is 0.760. The Kier molecular flexibility index (Phi) is 3.46. The molecule has 1 aromatic carbocycles. The third-order valence-electron chi connectivity index (χ3n) is 4.30. The van der Waals surface area contributed by atoms with E-state index in [1.807, 2.05) is 12.1 Å². The third-order valence-corrected chi connectivity index (χ3v) is 4.30. The number of ketones is 1. The van der Waals surface area contributed by atoms with Crippen molar-refractivity contribution in [2.24, 2.45) is 5.92 Å². The second-order valence-electron chi connectivity index (χ2n) is 5.53. The third kappa shape index (κ3) is 2.35. The van der Waals surface area contributed by atoms with Crippen molar-refractivity contribution < 1.29 is 9.53 Å². The van der Waals surface area contributed by atoms with Gasteiger partial charge in [-0.2, -0.15) is 0 Å². The topological polar surface area (TPSA) is 26.3 Å². The van der Waals surface area contributed by atoms with E-state index in [1.165, 1.54) is 24.8 Å². The fraction of sp³-hybridized carbons (Fsp3) is 0.562. The van der Waals surface area contributed by atoms with Crippen molar-refractivity contribution in [3.63, 3.8) is 0 Å². The highest BCUT2D eigenvalue weighted by Crippen LogP contribution is 2.36. The Morgan fingerprint density at radius 2 is 1.83 bits per heavy atom. The molecule has 0 spiro atoms. The Morgan fingerprint density at radius 1 is 1.06 bits per heavy atom. The van der Waals surface area contributed by atoms with Gasteiger partial charge in [-0.3, -0.25) is 4.79 Å². The van der Waals surface area contributed by atoms with Gasteiger partial charge in [0.2, 0.25) is 0 Å². The van der Waals surface area contributed by atoms with Gasteiger partial charge in [0.25, 0.3) is 0 Å². The minimum Gasteiger partial charge on any atom is -0.381 e. The summed E-state index contributed by atoms with van der Waals surface area (Å²) in [5.74, 6) is 1.08. The summed E-state index contributed by atoms with van der Waals surface area (Å²) in [7, 11) is 0. The molecule has 1 saturated carbocycles. The molecule has 18 heavy (non-hydrogen) atoms. The van der Waals surface area contributed by atoms with Crippen LogP contribution in [0.2, 0.25) is 0 Å². The van der Waals surface area contributed by atoms with E-state index in [4.69, 9.17) is 4.74 Å². The Hall–Kier alpha value is -1.15. The van der Waals surface area contributed by atoms with Crippen LogP contribution in [0.25, 0.3) is 0 Å². The average Bonchev–Trinajstić information content (AvgIpc) is 2.38. The highest BCUT2D eigenvalue weighted by atomic mass is 16.5. The van der Waals surface area contributed by atoms with Crippen molar-refractivity contribution in [3.8, 4) is 0 Å². The molecule has 1 aliphatic heterocycles. The van der Waals surface area contributed by atoms with Crippen molar-refractivity contribution in [2.45, 2.75) is 38.0 Å². The van der Waals surface area contributed by atoms with Gasteiger partial charge in [0.15, 0.2) is 5.78 Å². The Morgan fingerprint density at radius 3 is 2.39 bits per heavy atom. The van der Waals surface area contributed by atoms with Crippen LogP contribution in [0.4, 0.5) is 0 Å². The van der Waals surface area contributed by atoms with E-state index in [9.17, 15) is 4.79 Å². The summed E-state index contributed by atoms with van der Waals surface area (Å²) in [6, 6.07) is 8.29. The van der Waals surface area contributed by atoms with Crippen molar-refractivity contribution in [3.05, 3.63) is 35.4 Å². The maximum absolute atomic E-state index is 12.3. The molecule has 0 bridgehead atoms. The molecule has 1 atom stereocenters. The smallest absolute Gasteiger partial charge is 0.168 e. The van der Waals surface area contributed by atoms with Crippen LogP contribution in [0, 0.1) is 5.92 Å². The number of carbonyl (C=O) groups is 1. The molecule has 2 heteroatoms. The molecular formula is C16H20O2. The number of hydrogen-bond acceptors (Lipinski definition) is 2. The van der Waals surface area contributed by atoms with E-state index in [0.717, 1.165) is 30.9 Å². The van der Waals surface area contributed by atoms with Crippen LogP contribution in [0.5, 0.6) is 0 Å². The lowest BCUT2D eigenvalue weighted by molar-refractivity contribution is 0.0461. The van der Waals surface area contributed by atoms with Gasteiger partial charge >= 0.3 is 0 Å².